The van der Waals surface area contributed by atoms with Gasteiger partial charge in [-0.1, -0.05) is 24.3 Å². The highest BCUT2D eigenvalue weighted by atomic mass is 16.2. The van der Waals surface area contributed by atoms with Crippen molar-refractivity contribution in [2.75, 3.05) is 0 Å². The Morgan fingerprint density at radius 1 is 1.40 bits per heavy atom. The third-order valence-corrected chi connectivity index (χ3v) is 1.97. The van der Waals surface area contributed by atoms with E-state index in [9.17, 15) is 4.79 Å². The van der Waals surface area contributed by atoms with E-state index in [1.165, 1.54) is 0 Å². The molecule has 2 amide bonds. The Morgan fingerprint density at radius 3 is 3.00 bits per heavy atom. The summed E-state index contributed by atoms with van der Waals surface area (Å²) in [5, 5.41) is 10.4. The lowest BCUT2D eigenvalue weighted by atomic mass is 10.1. The van der Waals surface area contributed by atoms with Crippen molar-refractivity contribution in [1.82, 2.24) is 5.32 Å². The van der Waals surface area contributed by atoms with E-state index in [-0.39, 0.29) is 0 Å². The van der Waals surface area contributed by atoms with Crippen molar-refractivity contribution in [2.45, 2.75) is 6.17 Å². The summed E-state index contributed by atoms with van der Waals surface area (Å²) in [7, 11) is 0. The van der Waals surface area contributed by atoms with Crippen LogP contribution in [0.4, 0.5) is 10.5 Å². The molecule has 0 fully saturated rings. The van der Waals surface area contributed by atoms with Crippen molar-refractivity contribution in [2.24, 2.45) is 16.0 Å². The molecule has 5 nitrogen and oxygen atoms in total. The summed E-state index contributed by atoms with van der Waals surface area (Å²) < 4.78 is 0. The van der Waals surface area contributed by atoms with Crippen molar-refractivity contribution < 1.29 is 4.79 Å². The number of nitrogens with two attached hydrogens (primary N) is 1. The number of hydrogen-bond acceptors (Lipinski definition) is 3. The van der Waals surface area contributed by atoms with E-state index in [1.54, 1.807) is 6.08 Å². The zero-order valence-corrected chi connectivity index (χ0v) is 7.92. The number of hydrogen-bond donors (Lipinski definition) is 2. The number of azo groups is 1. The van der Waals surface area contributed by atoms with Crippen molar-refractivity contribution in [1.29, 1.82) is 0 Å². The van der Waals surface area contributed by atoms with E-state index in [1.807, 2.05) is 30.3 Å². The van der Waals surface area contributed by atoms with Crippen LogP contribution in [0.2, 0.25) is 0 Å². The maximum atomic E-state index is 10.6. The van der Waals surface area contributed by atoms with Crippen molar-refractivity contribution in [3.05, 3.63) is 35.9 Å². The molecular weight excluding hydrogens is 192 g/mol. The van der Waals surface area contributed by atoms with Gasteiger partial charge in [-0.2, -0.15) is 10.2 Å². The second-order valence-corrected chi connectivity index (χ2v) is 3.09. The van der Waals surface area contributed by atoms with Crippen LogP contribution in [-0.2, 0) is 0 Å². The molecule has 1 aliphatic heterocycles. The fraction of sp³-hybridized carbons (Fsp3) is 0.100. The van der Waals surface area contributed by atoms with Crippen LogP contribution < -0.4 is 11.1 Å². The van der Waals surface area contributed by atoms with Crippen LogP contribution in [0.15, 0.2) is 40.6 Å². The highest BCUT2D eigenvalue weighted by molar-refractivity contribution is 5.73. The Hall–Kier alpha value is -2.17. The van der Waals surface area contributed by atoms with Crippen LogP contribution in [0.25, 0.3) is 6.08 Å². The molecule has 0 spiro atoms. The maximum absolute atomic E-state index is 10.6. The van der Waals surface area contributed by atoms with Crippen LogP contribution in [0.3, 0.4) is 0 Å². The first-order chi connectivity index (χ1) is 7.25. The number of fused-ring (bicyclic) bond motifs is 1. The number of carbonyl (C=O) groups excluding carboxylic acids is 1. The second kappa shape index (κ2) is 3.91. The van der Waals surface area contributed by atoms with Gasteiger partial charge in [0.2, 0.25) is 0 Å². The molecule has 1 aromatic carbocycles. The van der Waals surface area contributed by atoms with E-state index < -0.39 is 12.2 Å². The number of rotatable bonds is 1. The molecule has 0 aromatic heterocycles. The van der Waals surface area contributed by atoms with Gasteiger partial charge in [0, 0.05) is 5.56 Å². The number of nitrogens with one attached hydrogen (secondary N) is 1. The van der Waals surface area contributed by atoms with Gasteiger partial charge in [-0.25, -0.2) is 4.79 Å². The summed E-state index contributed by atoms with van der Waals surface area (Å²) in [6.45, 7) is 0. The van der Waals surface area contributed by atoms with Gasteiger partial charge in [-0.3, -0.25) is 0 Å². The van der Waals surface area contributed by atoms with E-state index in [2.05, 4.69) is 15.5 Å². The van der Waals surface area contributed by atoms with Gasteiger partial charge in [0.25, 0.3) is 0 Å². The molecule has 1 heterocycles. The third kappa shape index (κ3) is 2.19. The molecular formula is C10H10N4O. The smallest absolute Gasteiger partial charge is 0.314 e. The lowest BCUT2D eigenvalue weighted by Crippen LogP contribution is -2.35. The normalized spacial score (nSPS) is 18.0. The first-order valence-corrected chi connectivity index (χ1v) is 4.50. The fourth-order valence-electron chi connectivity index (χ4n) is 1.30. The Kier molecular flexibility index (Phi) is 2.45. The van der Waals surface area contributed by atoms with E-state index in [0.717, 1.165) is 11.3 Å². The van der Waals surface area contributed by atoms with Crippen LogP contribution >= 0.6 is 0 Å². The standard InChI is InChI=1S/C10H10N4O/c11-10(15)12-9-6-5-7-3-1-2-4-8(7)13-14-9/h1-6,9H,(H3,11,12,15). The Balaban J connectivity index is 2.26. The quantitative estimate of drug-likeness (QED) is 0.715. The second-order valence-electron chi connectivity index (χ2n) is 3.09. The number of amides is 2. The molecule has 76 valence electrons. The van der Waals surface area contributed by atoms with Crippen molar-refractivity contribution in [3.8, 4) is 0 Å². The van der Waals surface area contributed by atoms with E-state index in [0.29, 0.717) is 0 Å². The molecule has 0 radical (unpaired) electrons. The average molecular weight is 202 g/mol. The van der Waals surface area contributed by atoms with Gasteiger partial charge in [0.15, 0.2) is 6.17 Å². The first-order valence-electron chi connectivity index (χ1n) is 4.50. The highest BCUT2D eigenvalue weighted by Crippen LogP contribution is 2.23. The number of primary amides is 1. The molecule has 3 N–H and O–H groups in total. The summed E-state index contributed by atoms with van der Waals surface area (Å²) in [6, 6.07) is 6.97. The molecule has 1 atom stereocenters. The minimum atomic E-state index is -0.616. The minimum Gasteiger partial charge on any atom is -0.352 e. The highest BCUT2D eigenvalue weighted by Gasteiger charge is 2.08. The van der Waals surface area contributed by atoms with E-state index >= 15 is 0 Å². The third-order valence-electron chi connectivity index (χ3n) is 1.97. The average Bonchev–Trinajstić information content (AvgIpc) is 2.41. The first kappa shape index (κ1) is 9.39. The topological polar surface area (TPSA) is 79.8 Å². The molecule has 2 rings (SSSR count). The SMILES string of the molecule is NC(=O)NC1C=Cc2ccccc2N=N1. The molecule has 0 saturated carbocycles. The van der Waals surface area contributed by atoms with Crippen LogP contribution in [-0.4, -0.2) is 12.2 Å². The monoisotopic (exact) mass is 202 g/mol. The Bertz CT molecular complexity index is 406. The molecule has 1 aromatic rings. The fourth-order valence-corrected chi connectivity index (χ4v) is 1.30. The molecule has 0 bridgehead atoms. The molecule has 15 heavy (non-hydrogen) atoms. The summed E-state index contributed by atoms with van der Waals surface area (Å²) in [5.74, 6) is 0. The van der Waals surface area contributed by atoms with Crippen LogP contribution in [0.1, 0.15) is 5.56 Å². The van der Waals surface area contributed by atoms with E-state index in [4.69, 9.17) is 5.73 Å². The lowest BCUT2D eigenvalue weighted by molar-refractivity contribution is 0.247. The molecule has 1 unspecified atom stereocenters. The Morgan fingerprint density at radius 2 is 2.20 bits per heavy atom. The summed E-state index contributed by atoms with van der Waals surface area (Å²) in [5.41, 5.74) is 6.74. The number of urea groups is 1. The van der Waals surface area contributed by atoms with Crippen molar-refractivity contribution in [3.63, 3.8) is 0 Å². The van der Waals surface area contributed by atoms with Crippen molar-refractivity contribution >= 4 is 17.8 Å². The lowest BCUT2D eigenvalue weighted by Gasteiger charge is -2.03. The Labute approximate surface area is 86.7 Å². The molecule has 1 aliphatic rings. The molecule has 0 aliphatic carbocycles. The zero-order chi connectivity index (χ0) is 10.7. The predicted octanol–water partition coefficient (Wildman–Crippen LogP) is 1.79. The van der Waals surface area contributed by atoms with Gasteiger partial charge in [-0.15, -0.1) is 0 Å². The summed E-state index contributed by atoms with van der Waals surface area (Å²) >= 11 is 0. The van der Waals surface area contributed by atoms with Crippen LogP contribution in [0, 0.1) is 0 Å². The summed E-state index contributed by atoms with van der Waals surface area (Å²) in [6.07, 6.45) is 3.10. The largest absolute Gasteiger partial charge is 0.352 e. The van der Waals surface area contributed by atoms with Crippen LogP contribution in [0.5, 0.6) is 0 Å². The maximum Gasteiger partial charge on any atom is 0.314 e. The molecule has 5 heteroatoms. The van der Waals surface area contributed by atoms with Gasteiger partial charge in [-0.05, 0) is 12.1 Å². The van der Waals surface area contributed by atoms with Gasteiger partial charge < -0.3 is 11.1 Å². The number of nitrogens with zero attached hydrogens (tertiary/aromatic N) is 2. The van der Waals surface area contributed by atoms with Gasteiger partial charge in [0.1, 0.15) is 0 Å². The molecule has 0 saturated heterocycles. The summed E-state index contributed by atoms with van der Waals surface area (Å²) in [4.78, 5) is 10.6. The number of benzene rings is 1. The predicted molar refractivity (Wildman–Crippen MR) is 56.5 cm³/mol. The van der Waals surface area contributed by atoms with Gasteiger partial charge in [0.05, 0.1) is 5.69 Å². The minimum absolute atomic E-state index is 0.491. The van der Waals surface area contributed by atoms with Gasteiger partial charge >= 0.3 is 6.03 Å². The number of carbonyl (C=O) groups is 1. The zero-order valence-electron chi connectivity index (χ0n) is 7.92.